The minimum Gasteiger partial charge on any atom is -0.311 e. The van der Waals surface area contributed by atoms with Gasteiger partial charge in [-0.1, -0.05) is 12.2 Å². The van der Waals surface area contributed by atoms with Crippen molar-refractivity contribution in [1.29, 1.82) is 0 Å². The van der Waals surface area contributed by atoms with E-state index in [1.165, 1.54) is 0 Å². The highest BCUT2D eigenvalue weighted by molar-refractivity contribution is 9.10. The van der Waals surface area contributed by atoms with Crippen LogP contribution < -0.4 is 5.32 Å². The minimum atomic E-state index is 0.815. The summed E-state index contributed by atoms with van der Waals surface area (Å²) in [6, 6.07) is 0. The van der Waals surface area contributed by atoms with Crippen molar-refractivity contribution in [3.05, 3.63) is 41.0 Å². The molecule has 0 bridgehead atoms. The Morgan fingerprint density at radius 3 is 3.12 bits per heavy atom. The molecule has 4 nitrogen and oxygen atoms in total. The summed E-state index contributed by atoms with van der Waals surface area (Å²) in [5, 5.41) is 3.39. The number of nitrogens with zero attached hydrogens (tertiary/aromatic N) is 3. The molecule has 0 fully saturated rings. The molecule has 2 rings (SSSR count). The van der Waals surface area contributed by atoms with Crippen molar-refractivity contribution in [3.63, 3.8) is 0 Å². The molecule has 0 saturated heterocycles. The summed E-state index contributed by atoms with van der Waals surface area (Å²) in [6.07, 6.45) is 10.9. The van der Waals surface area contributed by atoms with Crippen LogP contribution in [-0.2, 0) is 6.54 Å². The summed E-state index contributed by atoms with van der Waals surface area (Å²) in [6.45, 7) is 3.83. The zero-order valence-corrected chi connectivity index (χ0v) is 11.3. The van der Waals surface area contributed by atoms with Crippen LogP contribution >= 0.6 is 15.9 Å². The second kappa shape index (κ2) is 5.93. The van der Waals surface area contributed by atoms with Gasteiger partial charge in [-0.15, -0.1) is 0 Å². The number of imidazole rings is 1. The quantitative estimate of drug-likeness (QED) is 0.681. The number of hydrogen-bond acceptors (Lipinski definition) is 3. The molecule has 0 aliphatic rings. The maximum atomic E-state index is 4.30. The number of allylic oxidation sites excluding steroid dienone is 1. The summed E-state index contributed by atoms with van der Waals surface area (Å²) >= 11 is 3.36. The molecule has 5 heteroatoms. The Labute approximate surface area is 109 Å². The fourth-order valence-corrected chi connectivity index (χ4v) is 1.92. The Bertz CT molecular complexity index is 518. The molecule has 1 N–H and O–H groups in total. The maximum Gasteiger partial charge on any atom is 0.155 e. The Hall–Kier alpha value is -1.20. The molecule has 0 spiro atoms. The highest BCUT2D eigenvalue weighted by Crippen LogP contribution is 2.10. The normalized spacial score (nSPS) is 11.6. The first-order chi connectivity index (χ1) is 8.31. The van der Waals surface area contributed by atoms with Crippen LogP contribution in [0.5, 0.6) is 0 Å². The van der Waals surface area contributed by atoms with E-state index in [4.69, 9.17) is 0 Å². The van der Waals surface area contributed by atoms with Gasteiger partial charge in [0, 0.05) is 12.7 Å². The average Bonchev–Trinajstić information content (AvgIpc) is 2.72. The standard InChI is InChI=1S/C12H15BrN4/c1-2-3-4-5-14-6-10-7-16-12-8-15-11(13)9-17(10)12/h2-3,7-9,14H,4-6H2,1H3/b3-2+. The number of hydrogen-bond donors (Lipinski definition) is 1. The molecule has 0 amide bonds. The second-order valence-corrected chi connectivity index (χ2v) is 4.53. The molecule has 90 valence electrons. The first kappa shape index (κ1) is 12.3. The van der Waals surface area contributed by atoms with E-state index in [0.717, 1.165) is 35.5 Å². The average molecular weight is 295 g/mol. The van der Waals surface area contributed by atoms with Crippen molar-refractivity contribution < 1.29 is 0 Å². The SMILES string of the molecule is C/C=C/CCNCc1cnc2cnc(Br)cn12. The van der Waals surface area contributed by atoms with Crippen molar-refractivity contribution in [2.24, 2.45) is 0 Å². The topological polar surface area (TPSA) is 42.2 Å². The van der Waals surface area contributed by atoms with E-state index in [9.17, 15) is 0 Å². The summed E-state index contributed by atoms with van der Waals surface area (Å²) in [5.41, 5.74) is 2.02. The van der Waals surface area contributed by atoms with Crippen LogP contribution in [0, 0.1) is 0 Å². The van der Waals surface area contributed by atoms with Crippen molar-refractivity contribution in [1.82, 2.24) is 19.7 Å². The van der Waals surface area contributed by atoms with Crippen molar-refractivity contribution >= 4 is 21.6 Å². The molecular formula is C12H15BrN4. The van der Waals surface area contributed by atoms with Gasteiger partial charge in [-0.3, -0.25) is 4.40 Å². The fraction of sp³-hybridized carbons (Fsp3) is 0.333. The van der Waals surface area contributed by atoms with Gasteiger partial charge in [0.2, 0.25) is 0 Å². The molecule has 2 heterocycles. The van der Waals surface area contributed by atoms with Crippen LogP contribution in [0.2, 0.25) is 0 Å². The number of halogens is 1. The second-order valence-electron chi connectivity index (χ2n) is 3.72. The van der Waals surface area contributed by atoms with Crippen molar-refractivity contribution in [3.8, 4) is 0 Å². The first-order valence-corrected chi connectivity index (χ1v) is 6.40. The van der Waals surface area contributed by atoms with E-state index in [1.54, 1.807) is 6.20 Å². The van der Waals surface area contributed by atoms with Crippen molar-refractivity contribution in [2.75, 3.05) is 6.54 Å². The molecule has 2 aromatic heterocycles. The van der Waals surface area contributed by atoms with Crippen LogP contribution in [0.25, 0.3) is 5.65 Å². The third-order valence-corrected chi connectivity index (χ3v) is 2.88. The number of fused-ring (bicyclic) bond motifs is 1. The van der Waals surface area contributed by atoms with Gasteiger partial charge in [-0.2, -0.15) is 0 Å². The summed E-state index contributed by atoms with van der Waals surface area (Å²) < 4.78 is 2.86. The summed E-state index contributed by atoms with van der Waals surface area (Å²) in [5.74, 6) is 0. The molecule has 2 aromatic rings. The smallest absolute Gasteiger partial charge is 0.155 e. The highest BCUT2D eigenvalue weighted by atomic mass is 79.9. The lowest BCUT2D eigenvalue weighted by Crippen LogP contribution is -2.15. The van der Waals surface area contributed by atoms with Crippen LogP contribution in [0.15, 0.2) is 35.3 Å². The number of rotatable bonds is 5. The number of nitrogens with one attached hydrogen (secondary N) is 1. The Morgan fingerprint density at radius 1 is 1.41 bits per heavy atom. The lowest BCUT2D eigenvalue weighted by molar-refractivity contribution is 0.677. The van der Waals surface area contributed by atoms with Gasteiger partial charge in [0.15, 0.2) is 5.65 Å². The number of aromatic nitrogens is 3. The molecule has 0 aliphatic heterocycles. The lowest BCUT2D eigenvalue weighted by Gasteiger charge is -2.03. The molecular weight excluding hydrogens is 280 g/mol. The largest absolute Gasteiger partial charge is 0.311 e. The summed E-state index contributed by atoms with van der Waals surface area (Å²) in [4.78, 5) is 8.45. The molecule has 17 heavy (non-hydrogen) atoms. The summed E-state index contributed by atoms with van der Waals surface area (Å²) in [7, 11) is 0. The Morgan fingerprint density at radius 2 is 2.29 bits per heavy atom. The zero-order valence-electron chi connectivity index (χ0n) is 9.73. The van der Waals surface area contributed by atoms with Gasteiger partial charge >= 0.3 is 0 Å². The minimum absolute atomic E-state index is 0.815. The highest BCUT2D eigenvalue weighted by Gasteiger charge is 2.03. The maximum absolute atomic E-state index is 4.30. The molecule has 0 saturated carbocycles. The van der Waals surface area contributed by atoms with Crippen LogP contribution in [-0.4, -0.2) is 20.9 Å². The van der Waals surface area contributed by atoms with Gasteiger partial charge in [-0.05, 0) is 35.8 Å². The van der Waals surface area contributed by atoms with Gasteiger partial charge < -0.3 is 5.32 Å². The Kier molecular flexibility index (Phi) is 4.28. The first-order valence-electron chi connectivity index (χ1n) is 5.60. The van der Waals surface area contributed by atoms with Crippen LogP contribution in [0.4, 0.5) is 0 Å². The van der Waals surface area contributed by atoms with Gasteiger partial charge in [-0.25, -0.2) is 9.97 Å². The van der Waals surface area contributed by atoms with E-state index in [2.05, 4.69) is 43.4 Å². The predicted molar refractivity (Wildman–Crippen MR) is 71.8 cm³/mol. The van der Waals surface area contributed by atoms with Crippen molar-refractivity contribution in [2.45, 2.75) is 19.9 Å². The molecule has 0 unspecified atom stereocenters. The molecule has 0 radical (unpaired) electrons. The predicted octanol–water partition coefficient (Wildman–Crippen LogP) is 2.55. The Balaban J connectivity index is 2.01. The molecule has 0 aromatic carbocycles. The third kappa shape index (κ3) is 3.14. The van der Waals surface area contributed by atoms with Gasteiger partial charge in [0.05, 0.1) is 18.1 Å². The zero-order chi connectivity index (χ0) is 12.1. The van der Waals surface area contributed by atoms with Crippen LogP contribution in [0.1, 0.15) is 19.0 Å². The van der Waals surface area contributed by atoms with E-state index in [0.29, 0.717) is 0 Å². The van der Waals surface area contributed by atoms with Gasteiger partial charge in [0.25, 0.3) is 0 Å². The van der Waals surface area contributed by atoms with E-state index < -0.39 is 0 Å². The lowest BCUT2D eigenvalue weighted by atomic mass is 10.3. The van der Waals surface area contributed by atoms with E-state index in [1.807, 2.05) is 23.7 Å². The third-order valence-electron chi connectivity index (χ3n) is 2.47. The van der Waals surface area contributed by atoms with Crippen LogP contribution in [0.3, 0.4) is 0 Å². The monoisotopic (exact) mass is 294 g/mol. The molecule has 0 aliphatic carbocycles. The fourth-order valence-electron chi connectivity index (χ4n) is 1.62. The van der Waals surface area contributed by atoms with E-state index in [-0.39, 0.29) is 0 Å². The van der Waals surface area contributed by atoms with E-state index >= 15 is 0 Å². The van der Waals surface area contributed by atoms with Gasteiger partial charge in [0.1, 0.15) is 4.60 Å². The molecule has 0 atom stereocenters.